The lowest BCUT2D eigenvalue weighted by atomic mass is 10.0. The molecule has 0 aromatic heterocycles. The van der Waals surface area contributed by atoms with Crippen LogP contribution < -0.4 is 4.90 Å². The van der Waals surface area contributed by atoms with Gasteiger partial charge in [0.1, 0.15) is 0 Å². The van der Waals surface area contributed by atoms with Crippen molar-refractivity contribution in [1.82, 2.24) is 0 Å². The van der Waals surface area contributed by atoms with Gasteiger partial charge < -0.3 is 9.64 Å². The summed E-state index contributed by atoms with van der Waals surface area (Å²) in [7, 11) is 0. The van der Waals surface area contributed by atoms with Crippen molar-refractivity contribution < 1.29 is 4.74 Å². The summed E-state index contributed by atoms with van der Waals surface area (Å²) < 4.78 is 5.82. The number of benzene rings is 1. The third kappa shape index (κ3) is 2.59. The van der Waals surface area contributed by atoms with E-state index in [1.54, 1.807) is 0 Å². The maximum absolute atomic E-state index is 8.78. The van der Waals surface area contributed by atoms with Crippen molar-refractivity contribution in [3.05, 3.63) is 29.8 Å². The molecule has 0 radical (unpaired) electrons. The fourth-order valence-corrected chi connectivity index (χ4v) is 2.11. The highest BCUT2D eigenvalue weighted by molar-refractivity contribution is 5.50. The molecule has 1 atom stereocenters. The monoisotopic (exact) mass is 230 g/mol. The van der Waals surface area contributed by atoms with Gasteiger partial charge in [0.15, 0.2) is 0 Å². The van der Waals surface area contributed by atoms with E-state index < -0.39 is 0 Å². The Kier molecular flexibility index (Phi) is 3.35. The van der Waals surface area contributed by atoms with Gasteiger partial charge in [0.2, 0.25) is 0 Å². The van der Waals surface area contributed by atoms with Crippen LogP contribution in [0.1, 0.15) is 25.8 Å². The molecule has 1 fully saturated rings. The average Bonchev–Trinajstić information content (AvgIpc) is 2.39. The molecular formula is C14H18N2O. The third-order valence-corrected chi connectivity index (χ3v) is 3.45. The van der Waals surface area contributed by atoms with E-state index in [9.17, 15) is 0 Å². The zero-order chi connectivity index (χ0) is 12.3. The van der Waals surface area contributed by atoms with Gasteiger partial charge >= 0.3 is 0 Å². The van der Waals surface area contributed by atoms with Crippen LogP contribution in [-0.2, 0) is 4.74 Å². The minimum Gasteiger partial charge on any atom is -0.372 e. The lowest BCUT2D eigenvalue weighted by Gasteiger charge is -2.41. The van der Waals surface area contributed by atoms with Gasteiger partial charge in [-0.3, -0.25) is 0 Å². The number of ether oxygens (including phenoxy) is 1. The van der Waals surface area contributed by atoms with Crippen molar-refractivity contribution >= 4 is 5.69 Å². The summed E-state index contributed by atoms with van der Waals surface area (Å²) in [6.07, 6.45) is 1.01. The molecule has 1 aromatic carbocycles. The first-order valence-electron chi connectivity index (χ1n) is 6.06. The number of nitriles is 1. The maximum atomic E-state index is 8.78. The predicted octanol–water partition coefficient (Wildman–Crippen LogP) is 2.56. The van der Waals surface area contributed by atoms with Crippen molar-refractivity contribution in [3.63, 3.8) is 0 Å². The number of nitrogens with zero attached hydrogens (tertiary/aromatic N) is 2. The van der Waals surface area contributed by atoms with Gasteiger partial charge in [0, 0.05) is 18.8 Å². The van der Waals surface area contributed by atoms with Crippen LogP contribution in [0.25, 0.3) is 0 Å². The van der Waals surface area contributed by atoms with E-state index in [2.05, 4.69) is 24.8 Å². The molecule has 0 aliphatic carbocycles. The second kappa shape index (κ2) is 4.77. The fraction of sp³-hybridized carbons (Fsp3) is 0.500. The van der Waals surface area contributed by atoms with Gasteiger partial charge in [-0.25, -0.2) is 0 Å². The Morgan fingerprint density at radius 1 is 1.41 bits per heavy atom. The number of hydrogen-bond donors (Lipinski definition) is 0. The SMILES string of the molecule is CCC1(C)CN(c2ccc(C#N)cc2)CCO1. The van der Waals surface area contributed by atoms with Gasteiger partial charge in [-0.2, -0.15) is 5.26 Å². The van der Waals surface area contributed by atoms with Crippen molar-refractivity contribution in [3.8, 4) is 6.07 Å². The quantitative estimate of drug-likeness (QED) is 0.783. The van der Waals surface area contributed by atoms with Crippen LogP contribution in [0.15, 0.2) is 24.3 Å². The minimum absolute atomic E-state index is 0.0495. The number of anilines is 1. The molecule has 0 amide bonds. The summed E-state index contributed by atoms with van der Waals surface area (Å²) in [5.41, 5.74) is 1.83. The summed E-state index contributed by atoms with van der Waals surface area (Å²) in [5, 5.41) is 8.78. The molecule has 1 aliphatic rings. The number of rotatable bonds is 2. The standard InChI is InChI=1S/C14H18N2O/c1-3-14(2)11-16(8-9-17-14)13-6-4-12(10-15)5-7-13/h4-7H,3,8-9,11H2,1-2H3. The van der Waals surface area contributed by atoms with E-state index in [-0.39, 0.29) is 5.60 Å². The van der Waals surface area contributed by atoms with Crippen LogP contribution in [0, 0.1) is 11.3 Å². The first kappa shape index (κ1) is 11.9. The first-order chi connectivity index (χ1) is 8.17. The van der Waals surface area contributed by atoms with E-state index in [1.165, 1.54) is 5.69 Å². The zero-order valence-corrected chi connectivity index (χ0v) is 10.4. The zero-order valence-electron chi connectivity index (χ0n) is 10.4. The second-order valence-electron chi connectivity index (χ2n) is 4.73. The highest BCUT2D eigenvalue weighted by atomic mass is 16.5. The van der Waals surface area contributed by atoms with Crippen LogP contribution in [-0.4, -0.2) is 25.3 Å². The summed E-state index contributed by atoms with van der Waals surface area (Å²) in [6, 6.07) is 9.91. The highest BCUT2D eigenvalue weighted by Gasteiger charge is 2.30. The van der Waals surface area contributed by atoms with E-state index >= 15 is 0 Å². The lowest BCUT2D eigenvalue weighted by molar-refractivity contribution is -0.0441. The molecule has 1 aliphatic heterocycles. The van der Waals surface area contributed by atoms with Gasteiger partial charge in [0.25, 0.3) is 0 Å². The normalized spacial score (nSPS) is 24.4. The van der Waals surface area contributed by atoms with Crippen molar-refractivity contribution in [1.29, 1.82) is 5.26 Å². The Morgan fingerprint density at radius 2 is 2.12 bits per heavy atom. The minimum atomic E-state index is -0.0495. The molecule has 1 heterocycles. The predicted molar refractivity (Wildman–Crippen MR) is 68.0 cm³/mol. The highest BCUT2D eigenvalue weighted by Crippen LogP contribution is 2.25. The molecule has 2 rings (SSSR count). The van der Waals surface area contributed by atoms with Crippen LogP contribution in [0.3, 0.4) is 0 Å². The number of morpholine rings is 1. The van der Waals surface area contributed by atoms with Gasteiger partial charge in [-0.1, -0.05) is 6.92 Å². The van der Waals surface area contributed by atoms with E-state index in [0.717, 1.165) is 26.1 Å². The Bertz CT molecular complexity index is 421. The molecule has 0 N–H and O–H groups in total. The van der Waals surface area contributed by atoms with Gasteiger partial charge in [-0.05, 0) is 37.6 Å². The summed E-state index contributed by atoms with van der Waals surface area (Å²) in [4.78, 5) is 2.33. The van der Waals surface area contributed by atoms with Crippen LogP contribution in [0.4, 0.5) is 5.69 Å². The molecule has 1 aromatic rings. The van der Waals surface area contributed by atoms with Crippen molar-refractivity contribution in [2.75, 3.05) is 24.6 Å². The molecule has 90 valence electrons. The molecule has 17 heavy (non-hydrogen) atoms. The Morgan fingerprint density at radius 3 is 2.71 bits per heavy atom. The van der Waals surface area contributed by atoms with Gasteiger partial charge in [0.05, 0.1) is 23.8 Å². The molecule has 0 saturated carbocycles. The van der Waals surface area contributed by atoms with Crippen molar-refractivity contribution in [2.24, 2.45) is 0 Å². The molecule has 1 saturated heterocycles. The Hall–Kier alpha value is -1.53. The van der Waals surface area contributed by atoms with Gasteiger partial charge in [-0.15, -0.1) is 0 Å². The Labute approximate surface area is 103 Å². The summed E-state index contributed by atoms with van der Waals surface area (Å²) >= 11 is 0. The van der Waals surface area contributed by atoms with Crippen LogP contribution in [0.2, 0.25) is 0 Å². The third-order valence-electron chi connectivity index (χ3n) is 3.45. The van der Waals surface area contributed by atoms with E-state index in [1.807, 2.05) is 24.3 Å². The first-order valence-corrected chi connectivity index (χ1v) is 6.06. The van der Waals surface area contributed by atoms with Crippen LogP contribution in [0.5, 0.6) is 0 Å². The van der Waals surface area contributed by atoms with Crippen molar-refractivity contribution in [2.45, 2.75) is 25.9 Å². The smallest absolute Gasteiger partial charge is 0.0991 e. The molecule has 1 unspecified atom stereocenters. The topological polar surface area (TPSA) is 36.3 Å². The summed E-state index contributed by atoms with van der Waals surface area (Å²) in [6.45, 7) is 6.91. The van der Waals surface area contributed by atoms with E-state index in [0.29, 0.717) is 5.56 Å². The molecule has 0 bridgehead atoms. The largest absolute Gasteiger partial charge is 0.372 e. The molecule has 0 spiro atoms. The summed E-state index contributed by atoms with van der Waals surface area (Å²) in [5.74, 6) is 0. The number of hydrogen-bond acceptors (Lipinski definition) is 3. The second-order valence-corrected chi connectivity index (χ2v) is 4.73. The molecular weight excluding hydrogens is 212 g/mol. The maximum Gasteiger partial charge on any atom is 0.0991 e. The molecule has 3 heteroatoms. The lowest BCUT2D eigenvalue weighted by Crippen LogP contribution is -2.49. The van der Waals surface area contributed by atoms with Crippen LogP contribution >= 0.6 is 0 Å². The fourth-order valence-electron chi connectivity index (χ4n) is 2.11. The molecule has 3 nitrogen and oxygen atoms in total. The van der Waals surface area contributed by atoms with E-state index in [4.69, 9.17) is 10.00 Å². The average molecular weight is 230 g/mol. The Balaban J connectivity index is 2.14.